The SMILES string of the molecule is O=C(NCC1=CN(c2ccc(-n3ccccc3=O)cc2OCc2nc3ccccc3[nH]2)NN1)c1ccc(Cl)s1. The Hall–Kier alpha value is -4.58. The van der Waals surface area contributed by atoms with Crippen LogP contribution in [0.25, 0.3) is 16.7 Å². The van der Waals surface area contributed by atoms with Crippen molar-refractivity contribution in [2.75, 3.05) is 11.6 Å². The second-order valence-corrected chi connectivity index (χ2v) is 10.3. The number of carbonyl (C=O) groups is 1. The summed E-state index contributed by atoms with van der Waals surface area (Å²) in [6, 6.07) is 21.6. The van der Waals surface area contributed by atoms with E-state index in [4.69, 9.17) is 16.3 Å². The summed E-state index contributed by atoms with van der Waals surface area (Å²) in [6.07, 6.45) is 3.52. The van der Waals surface area contributed by atoms with Crippen LogP contribution in [0, 0.1) is 0 Å². The predicted octanol–water partition coefficient (Wildman–Crippen LogP) is 4.11. The zero-order chi connectivity index (χ0) is 26.8. The highest BCUT2D eigenvalue weighted by molar-refractivity contribution is 7.18. The highest BCUT2D eigenvalue weighted by Gasteiger charge is 2.19. The molecular weight excluding hydrogens is 538 g/mol. The number of hydrogen-bond donors (Lipinski definition) is 4. The van der Waals surface area contributed by atoms with E-state index in [9.17, 15) is 9.59 Å². The van der Waals surface area contributed by atoms with Crippen molar-refractivity contribution in [3.05, 3.63) is 116 Å². The van der Waals surface area contributed by atoms with E-state index in [2.05, 4.69) is 26.2 Å². The zero-order valence-corrected chi connectivity index (χ0v) is 21.9. The molecule has 39 heavy (non-hydrogen) atoms. The molecule has 0 unspecified atom stereocenters. The maximum Gasteiger partial charge on any atom is 0.261 e. The number of nitrogens with one attached hydrogen (secondary N) is 4. The molecule has 2 aromatic carbocycles. The fourth-order valence-corrected chi connectivity index (χ4v) is 5.06. The van der Waals surface area contributed by atoms with Gasteiger partial charge in [-0.25, -0.2) is 4.98 Å². The highest BCUT2D eigenvalue weighted by atomic mass is 35.5. The third kappa shape index (κ3) is 5.36. The number of pyridine rings is 1. The molecule has 0 atom stereocenters. The van der Waals surface area contributed by atoms with E-state index in [1.807, 2.05) is 42.6 Å². The topological polar surface area (TPSA) is 116 Å². The Morgan fingerprint density at radius 1 is 1.08 bits per heavy atom. The van der Waals surface area contributed by atoms with Gasteiger partial charge in [0.05, 0.1) is 38.2 Å². The maximum absolute atomic E-state index is 12.4. The zero-order valence-electron chi connectivity index (χ0n) is 20.3. The van der Waals surface area contributed by atoms with Crippen LogP contribution in [0.2, 0.25) is 4.34 Å². The second-order valence-electron chi connectivity index (χ2n) is 8.60. The van der Waals surface area contributed by atoms with Crippen LogP contribution in [0.5, 0.6) is 5.75 Å². The minimum atomic E-state index is -0.208. The molecule has 0 bridgehead atoms. The first-order chi connectivity index (χ1) is 19.0. The Morgan fingerprint density at radius 2 is 1.95 bits per heavy atom. The van der Waals surface area contributed by atoms with Crippen molar-refractivity contribution >= 4 is 45.6 Å². The number of benzene rings is 2. The Morgan fingerprint density at radius 3 is 2.77 bits per heavy atom. The number of aromatic amines is 1. The number of carbonyl (C=O) groups excluding carboxylic acids is 1. The third-order valence-electron chi connectivity index (χ3n) is 5.96. The Bertz CT molecular complexity index is 1730. The van der Waals surface area contributed by atoms with E-state index in [0.717, 1.165) is 16.7 Å². The summed E-state index contributed by atoms with van der Waals surface area (Å²) in [5.41, 5.74) is 9.83. The Balaban J connectivity index is 1.25. The van der Waals surface area contributed by atoms with Crippen LogP contribution in [0.1, 0.15) is 15.5 Å². The number of aromatic nitrogens is 3. The number of H-pyrrole nitrogens is 1. The molecule has 1 amide bonds. The second kappa shape index (κ2) is 10.7. The summed E-state index contributed by atoms with van der Waals surface area (Å²) >= 11 is 7.16. The van der Waals surface area contributed by atoms with E-state index < -0.39 is 0 Å². The molecule has 0 spiro atoms. The lowest BCUT2D eigenvalue weighted by Crippen LogP contribution is -2.38. The average Bonchev–Trinajstić information content (AvgIpc) is 3.70. The number of ether oxygens (including phenoxy) is 1. The van der Waals surface area contributed by atoms with Crippen molar-refractivity contribution in [3.8, 4) is 11.4 Å². The number of halogens is 1. The van der Waals surface area contributed by atoms with E-state index >= 15 is 0 Å². The summed E-state index contributed by atoms with van der Waals surface area (Å²) in [4.78, 5) is 33.2. The van der Waals surface area contributed by atoms with Gasteiger partial charge in [-0.1, -0.05) is 29.8 Å². The molecule has 0 saturated heterocycles. The normalized spacial score (nSPS) is 12.8. The number of hydrazine groups is 2. The van der Waals surface area contributed by atoms with Gasteiger partial charge in [-0.15, -0.1) is 16.9 Å². The summed E-state index contributed by atoms with van der Waals surface area (Å²) in [6.45, 7) is 0.455. The minimum Gasteiger partial charge on any atom is -0.483 e. The summed E-state index contributed by atoms with van der Waals surface area (Å²) in [5.74, 6) is 0.984. The number of amides is 1. The van der Waals surface area contributed by atoms with Gasteiger partial charge in [0.2, 0.25) is 0 Å². The first-order valence-electron chi connectivity index (χ1n) is 12.0. The fourth-order valence-electron chi connectivity index (χ4n) is 4.10. The number of anilines is 1. The Labute approximate surface area is 231 Å². The van der Waals surface area contributed by atoms with Gasteiger partial charge in [0.1, 0.15) is 23.9 Å². The molecule has 196 valence electrons. The quantitative estimate of drug-likeness (QED) is 0.226. The smallest absolute Gasteiger partial charge is 0.261 e. The van der Waals surface area contributed by atoms with Crippen molar-refractivity contribution in [1.82, 2.24) is 30.8 Å². The van der Waals surface area contributed by atoms with Gasteiger partial charge in [-0.05, 0) is 42.5 Å². The van der Waals surface area contributed by atoms with E-state index in [1.54, 1.807) is 46.1 Å². The van der Waals surface area contributed by atoms with Gasteiger partial charge in [-0.2, -0.15) is 0 Å². The largest absolute Gasteiger partial charge is 0.483 e. The number of para-hydroxylation sites is 2. The molecule has 0 radical (unpaired) electrons. The number of thiophene rings is 1. The van der Waals surface area contributed by atoms with Crippen LogP contribution in [-0.2, 0) is 6.61 Å². The third-order valence-corrected chi connectivity index (χ3v) is 7.19. The molecule has 0 aliphatic carbocycles. The average molecular weight is 560 g/mol. The van der Waals surface area contributed by atoms with Crippen LogP contribution in [-0.4, -0.2) is 27.0 Å². The molecule has 12 heteroatoms. The molecule has 6 rings (SSSR count). The van der Waals surface area contributed by atoms with Crippen LogP contribution < -0.4 is 31.6 Å². The number of fused-ring (bicyclic) bond motifs is 1. The molecule has 1 aliphatic heterocycles. The van der Waals surface area contributed by atoms with E-state index in [0.29, 0.717) is 32.2 Å². The van der Waals surface area contributed by atoms with Crippen molar-refractivity contribution in [2.24, 2.45) is 0 Å². The van der Waals surface area contributed by atoms with Gasteiger partial charge in [0.25, 0.3) is 11.5 Å². The van der Waals surface area contributed by atoms with Crippen LogP contribution >= 0.6 is 22.9 Å². The molecule has 4 heterocycles. The van der Waals surface area contributed by atoms with Crippen LogP contribution in [0.4, 0.5) is 5.69 Å². The van der Waals surface area contributed by atoms with E-state index in [-0.39, 0.29) is 24.6 Å². The first kappa shape index (κ1) is 24.7. The van der Waals surface area contributed by atoms with E-state index in [1.165, 1.54) is 17.4 Å². The summed E-state index contributed by atoms with van der Waals surface area (Å²) < 4.78 is 8.33. The standard InChI is InChI=1S/C27H22ClN7O3S/c28-24-11-10-23(39-24)27(37)29-14-17-15-35(33-32-17)21-9-8-18(34-12-4-3-7-26(34)36)13-22(21)38-16-25-30-19-5-1-2-6-20(19)31-25/h1-13,15,32-33H,14,16H2,(H,29,37)(H,30,31). The number of nitrogens with zero attached hydrogens (tertiary/aromatic N) is 3. The lowest BCUT2D eigenvalue weighted by molar-refractivity contribution is 0.0960. The predicted molar refractivity (Wildman–Crippen MR) is 151 cm³/mol. The fraction of sp³-hybridized carbons (Fsp3) is 0.0741. The van der Waals surface area contributed by atoms with Crippen molar-refractivity contribution in [1.29, 1.82) is 0 Å². The molecular formula is C27H22ClN7O3S. The van der Waals surface area contributed by atoms with Crippen molar-refractivity contribution in [2.45, 2.75) is 6.61 Å². The Kier molecular flexibility index (Phi) is 6.76. The lowest BCUT2D eigenvalue weighted by Gasteiger charge is -2.20. The van der Waals surface area contributed by atoms with Gasteiger partial charge in [0, 0.05) is 24.5 Å². The minimum absolute atomic E-state index is 0.153. The summed E-state index contributed by atoms with van der Waals surface area (Å²) in [7, 11) is 0. The lowest BCUT2D eigenvalue weighted by atomic mass is 10.2. The van der Waals surface area contributed by atoms with Gasteiger partial charge in [-0.3, -0.25) is 19.2 Å². The molecule has 0 saturated carbocycles. The van der Waals surface area contributed by atoms with Crippen molar-refractivity contribution in [3.63, 3.8) is 0 Å². The number of rotatable bonds is 8. The monoisotopic (exact) mass is 559 g/mol. The summed E-state index contributed by atoms with van der Waals surface area (Å²) in [5, 5.41) is 4.62. The number of hydrogen-bond acceptors (Lipinski definition) is 8. The molecule has 1 aliphatic rings. The van der Waals surface area contributed by atoms with Gasteiger partial charge in [0.15, 0.2) is 0 Å². The van der Waals surface area contributed by atoms with Crippen LogP contribution in [0.3, 0.4) is 0 Å². The maximum atomic E-state index is 12.4. The molecule has 0 fully saturated rings. The molecule has 5 aromatic rings. The number of imidazole rings is 1. The van der Waals surface area contributed by atoms with Gasteiger partial charge < -0.3 is 20.5 Å². The molecule has 3 aromatic heterocycles. The first-order valence-corrected chi connectivity index (χ1v) is 13.2. The highest BCUT2D eigenvalue weighted by Crippen LogP contribution is 2.32. The molecule has 10 nitrogen and oxygen atoms in total. The van der Waals surface area contributed by atoms with Gasteiger partial charge >= 0.3 is 0 Å². The molecule has 4 N–H and O–H groups in total. The van der Waals surface area contributed by atoms with Crippen molar-refractivity contribution < 1.29 is 9.53 Å². The van der Waals surface area contributed by atoms with Crippen LogP contribution in [0.15, 0.2) is 95.7 Å².